The van der Waals surface area contributed by atoms with Gasteiger partial charge < -0.3 is 10.5 Å². The molecule has 2 rings (SSSR count). The first-order chi connectivity index (χ1) is 9.04. The Labute approximate surface area is 116 Å². The predicted octanol–water partition coefficient (Wildman–Crippen LogP) is 2.33. The summed E-state index contributed by atoms with van der Waals surface area (Å²) in [4.78, 5) is 2.39. The van der Waals surface area contributed by atoms with Gasteiger partial charge in [0, 0.05) is 25.2 Å². The number of rotatable bonds is 4. The third-order valence-electron chi connectivity index (χ3n) is 4.44. The summed E-state index contributed by atoms with van der Waals surface area (Å²) in [6.45, 7) is 8.87. The normalized spacial score (nSPS) is 21.1. The highest BCUT2D eigenvalue weighted by Crippen LogP contribution is 2.28. The van der Waals surface area contributed by atoms with Crippen LogP contribution in [0, 0.1) is 20.8 Å². The minimum atomic E-state index is 0.283. The molecule has 0 spiro atoms. The van der Waals surface area contributed by atoms with Crippen LogP contribution >= 0.6 is 0 Å². The molecule has 0 saturated carbocycles. The van der Waals surface area contributed by atoms with Crippen molar-refractivity contribution in [3.05, 3.63) is 34.4 Å². The van der Waals surface area contributed by atoms with E-state index in [1.807, 2.05) is 0 Å². The van der Waals surface area contributed by atoms with E-state index < -0.39 is 0 Å². The molecule has 1 aromatic carbocycles. The Balaban J connectivity index is 2.28. The summed E-state index contributed by atoms with van der Waals surface area (Å²) in [6.07, 6.45) is 1.11. The fourth-order valence-electron chi connectivity index (χ4n) is 2.95. The van der Waals surface area contributed by atoms with Crippen LogP contribution in [0.1, 0.15) is 34.7 Å². The van der Waals surface area contributed by atoms with E-state index in [0.717, 1.165) is 19.6 Å². The summed E-state index contributed by atoms with van der Waals surface area (Å²) in [5.74, 6) is 0. The maximum Gasteiger partial charge on any atom is 0.0622 e. The number of likely N-dealkylation sites (N-methyl/N-ethyl adjacent to an activating group) is 1. The van der Waals surface area contributed by atoms with Crippen molar-refractivity contribution in [1.82, 2.24) is 4.90 Å². The number of nitrogens with two attached hydrogens (primary N) is 1. The van der Waals surface area contributed by atoms with Crippen molar-refractivity contribution >= 4 is 0 Å². The van der Waals surface area contributed by atoms with Crippen molar-refractivity contribution < 1.29 is 4.74 Å². The molecule has 2 atom stereocenters. The molecule has 1 aromatic rings. The summed E-state index contributed by atoms with van der Waals surface area (Å²) in [6, 6.07) is 5.35. The van der Waals surface area contributed by atoms with Gasteiger partial charge in [-0.25, -0.2) is 0 Å². The lowest BCUT2D eigenvalue weighted by molar-refractivity contribution is 0.134. The van der Waals surface area contributed by atoms with E-state index in [1.54, 1.807) is 0 Å². The minimum absolute atomic E-state index is 0.283. The van der Waals surface area contributed by atoms with Gasteiger partial charge in [-0.2, -0.15) is 0 Å². The van der Waals surface area contributed by atoms with Crippen LogP contribution in [0.3, 0.4) is 0 Å². The lowest BCUT2D eigenvalue weighted by atomic mass is 9.94. The predicted molar refractivity (Wildman–Crippen MR) is 79.4 cm³/mol. The standard InChI is InChI=1S/C16H26N2O/c1-11-7-13(3)15(8-12(11)2)16(9-17)18(4)14-5-6-19-10-14/h7-8,14,16H,5-6,9-10,17H2,1-4H3. The van der Waals surface area contributed by atoms with Crippen LogP contribution in [-0.2, 0) is 4.74 Å². The zero-order chi connectivity index (χ0) is 14.0. The molecule has 106 valence electrons. The van der Waals surface area contributed by atoms with Crippen LogP contribution in [-0.4, -0.2) is 37.7 Å². The van der Waals surface area contributed by atoms with Crippen molar-refractivity contribution in [1.29, 1.82) is 0 Å². The summed E-state index contributed by atoms with van der Waals surface area (Å²) >= 11 is 0. The minimum Gasteiger partial charge on any atom is -0.380 e. The van der Waals surface area contributed by atoms with Crippen molar-refractivity contribution in [2.24, 2.45) is 5.73 Å². The van der Waals surface area contributed by atoms with E-state index in [2.05, 4.69) is 44.9 Å². The van der Waals surface area contributed by atoms with Gasteiger partial charge in [0.15, 0.2) is 0 Å². The van der Waals surface area contributed by atoms with Crippen LogP contribution in [0.15, 0.2) is 12.1 Å². The van der Waals surface area contributed by atoms with E-state index in [1.165, 1.54) is 22.3 Å². The first-order valence-corrected chi connectivity index (χ1v) is 7.12. The van der Waals surface area contributed by atoms with Crippen LogP contribution in [0.2, 0.25) is 0 Å². The van der Waals surface area contributed by atoms with Gasteiger partial charge in [0.1, 0.15) is 0 Å². The molecular formula is C16H26N2O. The second-order valence-corrected chi connectivity index (χ2v) is 5.73. The molecule has 0 bridgehead atoms. The lowest BCUT2D eigenvalue weighted by Crippen LogP contribution is -2.39. The fourth-order valence-corrected chi connectivity index (χ4v) is 2.95. The molecule has 1 saturated heterocycles. The summed E-state index contributed by atoms with van der Waals surface area (Å²) in [5.41, 5.74) is 11.4. The molecule has 1 aliphatic rings. The molecule has 0 aliphatic carbocycles. The second-order valence-electron chi connectivity index (χ2n) is 5.73. The molecule has 1 fully saturated rings. The van der Waals surface area contributed by atoms with E-state index in [-0.39, 0.29) is 6.04 Å². The zero-order valence-corrected chi connectivity index (χ0v) is 12.6. The van der Waals surface area contributed by atoms with Crippen molar-refractivity contribution in [2.45, 2.75) is 39.3 Å². The van der Waals surface area contributed by atoms with Crippen molar-refractivity contribution in [3.63, 3.8) is 0 Å². The first kappa shape index (κ1) is 14.5. The quantitative estimate of drug-likeness (QED) is 0.905. The molecular weight excluding hydrogens is 236 g/mol. The molecule has 1 heterocycles. The highest BCUT2D eigenvalue weighted by Gasteiger charge is 2.27. The Hall–Kier alpha value is -0.900. The van der Waals surface area contributed by atoms with E-state index in [0.29, 0.717) is 12.6 Å². The van der Waals surface area contributed by atoms with Gasteiger partial charge in [-0.3, -0.25) is 4.90 Å². The molecule has 0 aromatic heterocycles. The second kappa shape index (κ2) is 6.04. The van der Waals surface area contributed by atoms with Gasteiger partial charge in [0.2, 0.25) is 0 Å². The van der Waals surface area contributed by atoms with Crippen molar-refractivity contribution in [3.8, 4) is 0 Å². The number of benzene rings is 1. The third kappa shape index (κ3) is 2.99. The van der Waals surface area contributed by atoms with Gasteiger partial charge in [-0.1, -0.05) is 12.1 Å². The number of nitrogens with zero attached hydrogens (tertiary/aromatic N) is 1. The fraction of sp³-hybridized carbons (Fsp3) is 0.625. The number of hydrogen-bond donors (Lipinski definition) is 1. The summed E-state index contributed by atoms with van der Waals surface area (Å²) in [5, 5.41) is 0. The van der Waals surface area contributed by atoms with Crippen LogP contribution in [0.25, 0.3) is 0 Å². The number of aryl methyl sites for hydroxylation is 3. The highest BCUT2D eigenvalue weighted by atomic mass is 16.5. The number of hydrogen-bond acceptors (Lipinski definition) is 3. The summed E-state index contributed by atoms with van der Waals surface area (Å²) < 4.78 is 5.50. The average molecular weight is 262 g/mol. The maximum absolute atomic E-state index is 6.05. The van der Waals surface area contributed by atoms with Gasteiger partial charge in [0.25, 0.3) is 0 Å². The highest BCUT2D eigenvalue weighted by molar-refractivity contribution is 5.38. The Morgan fingerprint density at radius 3 is 2.53 bits per heavy atom. The Morgan fingerprint density at radius 2 is 1.95 bits per heavy atom. The molecule has 3 nitrogen and oxygen atoms in total. The van der Waals surface area contributed by atoms with Gasteiger partial charge in [0.05, 0.1) is 6.61 Å². The molecule has 19 heavy (non-hydrogen) atoms. The van der Waals surface area contributed by atoms with E-state index >= 15 is 0 Å². The van der Waals surface area contributed by atoms with E-state index in [9.17, 15) is 0 Å². The smallest absolute Gasteiger partial charge is 0.0622 e. The zero-order valence-electron chi connectivity index (χ0n) is 12.6. The molecule has 2 unspecified atom stereocenters. The van der Waals surface area contributed by atoms with Gasteiger partial charge in [-0.05, 0) is 56.5 Å². The van der Waals surface area contributed by atoms with E-state index in [4.69, 9.17) is 10.5 Å². The van der Waals surface area contributed by atoms with Crippen molar-refractivity contribution in [2.75, 3.05) is 26.8 Å². The van der Waals surface area contributed by atoms with Gasteiger partial charge >= 0.3 is 0 Å². The third-order valence-corrected chi connectivity index (χ3v) is 4.44. The Bertz CT molecular complexity index is 439. The maximum atomic E-state index is 6.05. The lowest BCUT2D eigenvalue weighted by Gasteiger charge is -2.33. The van der Waals surface area contributed by atoms with Crippen LogP contribution in [0.4, 0.5) is 0 Å². The monoisotopic (exact) mass is 262 g/mol. The Kier molecular flexibility index (Phi) is 4.61. The Morgan fingerprint density at radius 1 is 1.26 bits per heavy atom. The largest absolute Gasteiger partial charge is 0.380 e. The average Bonchev–Trinajstić information content (AvgIpc) is 2.90. The van der Waals surface area contributed by atoms with Gasteiger partial charge in [-0.15, -0.1) is 0 Å². The number of ether oxygens (including phenoxy) is 1. The molecule has 3 heteroatoms. The topological polar surface area (TPSA) is 38.5 Å². The van der Waals surface area contributed by atoms with Crippen LogP contribution < -0.4 is 5.73 Å². The summed E-state index contributed by atoms with van der Waals surface area (Å²) in [7, 11) is 2.17. The SMILES string of the molecule is Cc1cc(C)c(C(CN)N(C)C2CCOC2)cc1C. The molecule has 0 radical (unpaired) electrons. The molecule has 1 aliphatic heterocycles. The van der Waals surface area contributed by atoms with Crippen LogP contribution in [0.5, 0.6) is 0 Å². The molecule has 2 N–H and O–H groups in total. The molecule has 0 amide bonds. The first-order valence-electron chi connectivity index (χ1n) is 7.12.